The van der Waals surface area contributed by atoms with Crippen LogP contribution in [0.5, 0.6) is 17.2 Å². The predicted octanol–water partition coefficient (Wildman–Crippen LogP) is 5.86. The number of rotatable bonds is 8. The fourth-order valence-electron chi connectivity index (χ4n) is 3.00. The van der Waals surface area contributed by atoms with E-state index in [2.05, 4.69) is 4.99 Å². The van der Waals surface area contributed by atoms with Crippen LogP contribution in [0.3, 0.4) is 0 Å². The molecule has 0 bridgehead atoms. The van der Waals surface area contributed by atoms with Crippen LogP contribution >= 0.6 is 23.4 Å². The quantitative estimate of drug-likeness (QED) is 0.500. The van der Waals surface area contributed by atoms with E-state index in [4.69, 9.17) is 21.1 Å². The third kappa shape index (κ3) is 5.54. The first-order chi connectivity index (χ1) is 15.0. The lowest BCUT2D eigenvalue weighted by atomic mass is 10.2. The molecule has 0 spiro atoms. The van der Waals surface area contributed by atoms with E-state index in [0.717, 1.165) is 17.9 Å². The van der Waals surface area contributed by atoms with Gasteiger partial charge < -0.3 is 14.6 Å². The number of carbonyl (C=O) groups excluding carboxylic acids is 1. The van der Waals surface area contributed by atoms with Crippen LogP contribution in [0.15, 0.2) is 46.3 Å². The van der Waals surface area contributed by atoms with Crippen LogP contribution in [0.2, 0.25) is 5.02 Å². The molecule has 8 heteroatoms. The Morgan fingerprint density at radius 1 is 1.13 bits per heavy atom. The zero-order chi connectivity index (χ0) is 22.4. The molecule has 1 N–H and O–H groups in total. The van der Waals surface area contributed by atoms with Gasteiger partial charge in [0.1, 0.15) is 5.75 Å². The number of aliphatic imine (C=N–C) groups is 1. The van der Waals surface area contributed by atoms with E-state index in [1.807, 2.05) is 45.0 Å². The molecule has 0 unspecified atom stereocenters. The van der Waals surface area contributed by atoms with Gasteiger partial charge in [0.15, 0.2) is 16.7 Å². The van der Waals surface area contributed by atoms with Gasteiger partial charge in [0, 0.05) is 6.54 Å². The summed E-state index contributed by atoms with van der Waals surface area (Å²) in [6.45, 7) is 7.33. The van der Waals surface area contributed by atoms with E-state index < -0.39 is 0 Å². The second kappa shape index (κ2) is 10.6. The van der Waals surface area contributed by atoms with Gasteiger partial charge in [0.05, 0.1) is 28.8 Å². The molecule has 1 heterocycles. The first kappa shape index (κ1) is 23.0. The number of hydrogen-bond donors (Lipinski definition) is 1. The molecule has 1 fully saturated rings. The fourth-order valence-corrected chi connectivity index (χ4v) is 4.24. The molecule has 164 valence electrons. The topological polar surface area (TPSA) is 71.4 Å². The lowest BCUT2D eigenvalue weighted by Crippen LogP contribution is -2.29. The van der Waals surface area contributed by atoms with E-state index in [0.29, 0.717) is 35.4 Å². The highest BCUT2D eigenvalue weighted by molar-refractivity contribution is 8.18. The van der Waals surface area contributed by atoms with Crippen molar-refractivity contribution in [3.63, 3.8) is 0 Å². The van der Waals surface area contributed by atoms with Crippen LogP contribution in [-0.4, -0.2) is 40.8 Å². The minimum atomic E-state index is -0.112. The van der Waals surface area contributed by atoms with E-state index in [-0.39, 0.29) is 22.4 Å². The van der Waals surface area contributed by atoms with Gasteiger partial charge in [0.2, 0.25) is 0 Å². The Morgan fingerprint density at radius 3 is 2.48 bits per heavy atom. The summed E-state index contributed by atoms with van der Waals surface area (Å²) in [7, 11) is 0. The van der Waals surface area contributed by atoms with E-state index in [1.165, 1.54) is 11.8 Å². The average Bonchev–Trinajstić information content (AvgIpc) is 3.02. The second-order valence-corrected chi connectivity index (χ2v) is 8.09. The molecule has 0 aromatic heterocycles. The summed E-state index contributed by atoms with van der Waals surface area (Å²) >= 11 is 7.44. The minimum Gasteiger partial charge on any atom is -0.503 e. The normalized spacial score (nSPS) is 16.4. The molecule has 2 aromatic carbocycles. The number of nitrogens with zero attached hydrogens (tertiary/aromatic N) is 2. The number of phenols is 1. The number of thioether (sulfide) groups is 1. The number of benzene rings is 2. The van der Waals surface area contributed by atoms with Crippen LogP contribution in [0.4, 0.5) is 5.69 Å². The Bertz CT molecular complexity index is 1010. The molecule has 1 amide bonds. The van der Waals surface area contributed by atoms with Crippen molar-refractivity contribution in [3.05, 3.63) is 51.9 Å². The Labute approximate surface area is 191 Å². The highest BCUT2D eigenvalue weighted by atomic mass is 35.5. The number of halogens is 1. The van der Waals surface area contributed by atoms with Gasteiger partial charge in [0.25, 0.3) is 5.91 Å². The number of amides is 1. The van der Waals surface area contributed by atoms with Gasteiger partial charge in [-0.05, 0) is 80.1 Å². The molecule has 0 saturated carbocycles. The van der Waals surface area contributed by atoms with Crippen LogP contribution in [-0.2, 0) is 4.79 Å². The molecular formula is C23H25ClN2O4S. The number of ether oxygens (including phenoxy) is 2. The van der Waals surface area contributed by atoms with Crippen molar-refractivity contribution in [3.8, 4) is 17.2 Å². The van der Waals surface area contributed by atoms with Gasteiger partial charge in [-0.3, -0.25) is 9.69 Å². The number of amidine groups is 1. The Morgan fingerprint density at radius 2 is 1.84 bits per heavy atom. The first-order valence-electron chi connectivity index (χ1n) is 10.1. The molecule has 6 nitrogen and oxygen atoms in total. The van der Waals surface area contributed by atoms with Crippen molar-refractivity contribution in [2.24, 2.45) is 4.99 Å². The van der Waals surface area contributed by atoms with Gasteiger partial charge >= 0.3 is 0 Å². The first-order valence-corrected chi connectivity index (χ1v) is 11.3. The van der Waals surface area contributed by atoms with Gasteiger partial charge in [-0.1, -0.05) is 18.5 Å². The Balaban J connectivity index is 1.92. The molecule has 1 aliphatic heterocycles. The van der Waals surface area contributed by atoms with Gasteiger partial charge in [-0.15, -0.1) is 0 Å². The molecule has 31 heavy (non-hydrogen) atoms. The minimum absolute atomic E-state index is 0.110. The molecule has 1 saturated heterocycles. The highest BCUT2D eigenvalue weighted by Crippen LogP contribution is 2.38. The van der Waals surface area contributed by atoms with Crippen molar-refractivity contribution in [1.29, 1.82) is 0 Å². The van der Waals surface area contributed by atoms with Crippen molar-refractivity contribution < 1.29 is 19.4 Å². The molecule has 1 aliphatic rings. The summed E-state index contributed by atoms with van der Waals surface area (Å²) in [6, 6.07) is 10.7. The highest BCUT2D eigenvalue weighted by Gasteiger charge is 2.32. The van der Waals surface area contributed by atoms with Crippen molar-refractivity contribution >= 4 is 46.2 Å². The standard InChI is InChI=1S/C23H25ClN2O4S/c1-4-11-26-22(28)20(14-15-12-18(24)21(27)19(13-15)30-6-3)31-23(26)25-16-7-9-17(10-8-16)29-5-2/h7-10,12-14,27H,4-6,11H2,1-3H3. The van der Waals surface area contributed by atoms with Crippen LogP contribution in [0.1, 0.15) is 32.8 Å². The molecule has 2 aromatic rings. The van der Waals surface area contributed by atoms with Crippen LogP contribution in [0.25, 0.3) is 6.08 Å². The summed E-state index contributed by atoms with van der Waals surface area (Å²) in [6.07, 6.45) is 2.55. The molecule has 0 atom stereocenters. The number of aromatic hydroxyl groups is 1. The van der Waals surface area contributed by atoms with E-state index in [1.54, 1.807) is 23.1 Å². The lowest BCUT2D eigenvalue weighted by Gasteiger charge is -2.14. The van der Waals surface area contributed by atoms with Gasteiger partial charge in [-0.2, -0.15) is 0 Å². The second-order valence-electron chi connectivity index (χ2n) is 6.67. The van der Waals surface area contributed by atoms with Crippen molar-refractivity contribution in [2.75, 3.05) is 19.8 Å². The summed E-state index contributed by atoms with van der Waals surface area (Å²) < 4.78 is 10.9. The summed E-state index contributed by atoms with van der Waals surface area (Å²) in [5, 5.41) is 10.8. The predicted molar refractivity (Wildman–Crippen MR) is 127 cm³/mol. The number of hydrogen-bond acceptors (Lipinski definition) is 6. The molecule has 0 radical (unpaired) electrons. The molecular weight excluding hydrogens is 436 g/mol. The van der Waals surface area contributed by atoms with E-state index in [9.17, 15) is 9.90 Å². The summed E-state index contributed by atoms with van der Waals surface area (Å²) in [4.78, 5) is 19.9. The zero-order valence-electron chi connectivity index (χ0n) is 17.7. The van der Waals surface area contributed by atoms with Crippen LogP contribution in [0, 0.1) is 0 Å². The van der Waals surface area contributed by atoms with Crippen molar-refractivity contribution in [2.45, 2.75) is 27.2 Å². The average molecular weight is 461 g/mol. The maximum atomic E-state index is 13.0. The lowest BCUT2D eigenvalue weighted by molar-refractivity contribution is -0.122. The smallest absolute Gasteiger partial charge is 0.266 e. The maximum absolute atomic E-state index is 13.0. The largest absolute Gasteiger partial charge is 0.503 e. The third-order valence-corrected chi connectivity index (χ3v) is 5.65. The summed E-state index contributed by atoms with van der Waals surface area (Å²) in [5.41, 5.74) is 1.41. The van der Waals surface area contributed by atoms with Gasteiger partial charge in [-0.25, -0.2) is 4.99 Å². The SMILES string of the molecule is CCCN1C(=O)C(=Cc2cc(Cl)c(O)c(OCC)c2)SC1=Nc1ccc(OCC)cc1. The fraction of sp³-hybridized carbons (Fsp3) is 0.304. The Kier molecular flexibility index (Phi) is 7.87. The van der Waals surface area contributed by atoms with E-state index >= 15 is 0 Å². The van der Waals surface area contributed by atoms with Crippen molar-refractivity contribution in [1.82, 2.24) is 4.90 Å². The number of phenolic OH excluding ortho intramolecular Hbond substituents is 1. The molecule has 0 aliphatic carbocycles. The maximum Gasteiger partial charge on any atom is 0.266 e. The molecule has 3 rings (SSSR count). The monoisotopic (exact) mass is 460 g/mol. The third-order valence-electron chi connectivity index (χ3n) is 4.36. The Hall–Kier alpha value is -2.64. The zero-order valence-corrected chi connectivity index (χ0v) is 19.3. The summed E-state index contributed by atoms with van der Waals surface area (Å²) in [5.74, 6) is 0.841. The number of carbonyl (C=O) groups is 1. The van der Waals surface area contributed by atoms with Crippen LogP contribution < -0.4 is 9.47 Å².